The molecule has 1 saturated carbocycles. The van der Waals surface area contributed by atoms with Crippen molar-refractivity contribution < 1.29 is 19.5 Å². The molecule has 1 heterocycles. The Hall–Kier alpha value is -2.52. The first-order valence-corrected chi connectivity index (χ1v) is 9.35. The largest absolute Gasteiger partial charge is 0.465 e. The zero-order chi connectivity index (χ0) is 20.1. The Morgan fingerprint density at radius 3 is 2.44 bits per heavy atom. The molecule has 10 nitrogen and oxygen atoms in total. The Kier molecular flexibility index (Phi) is 6.86. The second-order valence-electron chi connectivity index (χ2n) is 7.38. The van der Waals surface area contributed by atoms with Gasteiger partial charge in [0.05, 0.1) is 6.04 Å². The number of nitrogens with zero attached hydrogens (tertiary/aromatic N) is 3. The van der Waals surface area contributed by atoms with Gasteiger partial charge in [-0.1, -0.05) is 6.92 Å². The van der Waals surface area contributed by atoms with Crippen LogP contribution in [0.4, 0.5) is 4.79 Å². The molecule has 0 radical (unpaired) electrons. The third-order valence-corrected chi connectivity index (χ3v) is 4.95. The van der Waals surface area contributed by atoms with Crippen molar-refractivity contribution in [2.75, 3.05) is 26.2 Å². The second kappa shape index (κ2) is 8.92. The zero-order valence-electron chi connectivity index (χ0n) is 15.9. The fourth-order valence-corrected chi connectivity index (χ4v) is 3.56. The summed E-state index contributed by atoms with van der Waals surface area (Å²) in [6.45, 7) is 4.74. The van der Waals surface area contributed by atoms with Crippen molar-refractivity contribution >= 4 is 23.9 Å². The molecule has 0 bridgehead atoms. The maximum atomic E-state index is 13.3. The van der Waals surface area contributed by atoms with Gasteiger partial charge in [0.2, 0.25) is 11.8 Å². The minimum Gasteiger partial charge on any atom is -0.465 e. The molecule has 10 heteroatoms. The van der Waals surface area contributed by atoms with E-state index in [-0.39, 0.29) is 30.9 Å². The maximum Gasteiger partial charge on any atom is 0.407 e. The molecule has 152 valence electrons. The highest BCUT2D eigenvalue weighted by Crippen LogP contribution is 2.31. The lowest BCUT2D eigenvalue weighted by molar-refractivity contribution is -0.138. The molecule has 0 aromatic heterocycles. The van der Waals surface area contributed by atoms with Crippen LogP contribution in [0.3, 0.4) is 0 Å². The Bertz CT molecular complexity index is 602. The summed E-state index contributed by atoms with van der Waals surface area (Å²) in [6, 6.07) is -1.46. The zero-order valence-corrected chi connectivity index (χ0v) is 15.9. The van der Waals surface area contributed by atoms with Crippen molar-refractivity contribution in [2.24, 2.45) is 28.3 Å². The minimum atomic E-state index is -1.11. The maximum absolute atomic E-state index is 13.3. The van der Waals surface area contributed by atoms with E-state index in [0.717, 1.165) is 19.3 Å². The number of amides is 3. The van der Waals surface area contributed by atoms with E-state index in [2.05, 4.69) is 10.3 Å². The van der Waals surface area contributed by atoms with E-state index in [0.29, 0.717) is 19.0 Å². The number of likely N-dealkylation sites (tertiary alicyclic amines) is 1. The Morgan fingerprint density at radius 2 is 1.96 bits per heavy atom. The van der Waals surface area contributed by atoms with Crippen LogP contribution < -0.4 is 16.8 Å². The second-order valence-corrected chi connectivity index (χ2v) is 7.38. The fourth-order valence-electron chi connectivity index (χ4n) is 3.56. The van der Waals surface area contributed by atoms with Gasteiger partial charge in [0.1, 0.15) is 6.04 Å². The molecule has 1 aliphatic carbocycles. The van der Waals surface area contributed by atoms with Crippen LogP contribution in [0, 0.1) is 11.8 Å². The average molecular weight is 382 g/mol. The summed E-state index contributed by atoms with van der Waals surface area (Å²) in [5.41, 5.74) is 11.0. The van der Waals surface area contributed by atoms with Crippen LogP contribution in [0.1, 0.15) is 33.1 Å². The highest BCUT2D eigenvalue weighted by Gasteiger charge is 2.44. The number of hydrogen-bond donors (Lipinski definition) is 4. The number of nitrogens with one attached hydrogen (secondary N) is 1. The monoisotopic (exact) mass is 382 g/mol. The molecule has 6 N–H and O–H groups in total. The number of nitrogens with two attached hydrogens (primary N) is 2. The molecule has 1 aliphatic heterocycles. The topological polar surface area (TPSA) is 154 Å². The van der Waals surface area contributed by atoms with Gasteiger partial charge in [-0.3, -0.25) is 9.59 Å². The summed E-state index contributed by atoms with van der Waals surface area (Å²) in [5, 5.41) is 12.1. The molecular formula is C17H30N6O4. The van der Waals surface area contributed by atoms with E-state index in [9.17, 15) is 19.5 Å². The Morgan fingerprint density at radius 1 is 1.30 bits per heavy atom. The molecule has 3 atom stereocenters. The van der Waals surface area contributed by atoms with Gasteiger partial charge in [-0.05, 0) is 25.2 Å². The van der Waals surface area contributed by atoms with Crippen LogP contribution >= 0.6 is 0 Å². The molecule has 1 saturated heterocycles. The molecule has 1 unspecified atom stereocenters. The summed E-state index contributed by atoms with van der Waals surface area (Å²) < 4.78 is 0. The third-order valence-electron chi connectivity index (χ3n) is 4.95. The predicted octanol–water partition coefficient (Wildman–Crippen LogP) is -0.608. The van der Waals surface area contributed by atoms with Crippen molar-refractivity contribution in [1.82, 2.24) is 15.1 Å². The summed E-state index contributed by atoms with van der Waals surface area (Å²) in [5.74, 6) is -0.751. The highest BCUT2D eigenvalue weighted by atomic mass is 16.4. The average Bonchev–Trinajstić information content (AvgIpc) is 3.29. The first kappa shape index (κ1) is 20.8. The first-order chi connectivity index (χ1) is 12.7. The summed E-state index contributed by atoms with van der Waals surface area (Å²) in [6.07, 6.45) is 1.90. The van der Waals surface area contributed by atoms with Gasteiger partial charge < -0.3 is 31.7 Å². The molecule has 2 aliphatic rings. The van der Waals surface area contributed by atoms with Gasteiger partial charge in [-0.25, -0.2) is 9.79 Å². The number of hydrogen-bond acceptors (Lipinski definition) is 4. The Balaban J connectivity index is 2.27. The summed E-state index contributed by atoms with van der Waals surface area (Å²) in [7, 11) is 0. The van der Waals surface area contributed by atoms with Gasteiger partial charge in [0.15, 0.2) is 5.96 Å². The van der Waals surface area contributed by atoms with Crippen LogP contribution in [-0.4, -0.2) is 77.0 Å². The van der Waals surface area contributed by atoms with Crippen LogP contribution in [0.25, 0.3) is 0 Å². The molecule has 0 aromatic rings. The smallest absolute Gasteiger partial charge is 0.407 e. The normalized spacial score (nSPS) is 22.8. The van der Waals surface area contributed by atoms with E-state index in [1.807, 2.05) is 6.92 Å². The SMILES string of the molecule is CCCN(CC1CC1)C(=O)C(NC(C)=O)[C@H]1CN(C(=O)O)C[C@@H]1N=C(N)N. The standard InChI is InChI=1S/C17H30N6O4/c1-3-6-22(7-11-4-5-11)15(25)14(20-10(2)24)12-8-23(17(26)27)9-13(12)21-16(18)19/h11-14H,3-9H2,1-2H3,(H,20,24)(H,26,27)(H4,18,19,21)/t12-,13-,14?/m0/s1. The van der Waals surface area contributed by atoms with Crippen molar-refractivity contribution in [2.45, 2.75) is 45.2 Å². The van der Waals surface area contributed by atoms with E-state index in [1.54, 1.807) is 4.90 Å². The van der Waals surface area contributed by atoms with Gasteiger partial charge >= 0.3 is 6.09 Å². The van der Waals surface area contributed by atoms with Gasteiger partial charge in [-0.2, -0.15) is 0 Å². The van der Waals surface area contributed by atoms with Crippen molar-refractivity contribution in [3.8, 4) is 0 Å². The molecule has 27 heavy (non-hydrogen) atoms. The fraction of sp³-hybridized carbons (Fsp3) is 0.765. The lowest BCUT2D eigenvalue weighted by Gasteiger charge is -2.32. The van der Waals surface area contributed by atoms with Crippen molar-refractivity contribution in [1.29, 1.82) is 0 Å². The van der Waals surface area contributed by atoms with Crippen LogP contribution in [-0.2, 0) is 9.59 Å². The molecular weight excluding hydrogens is 352 g/mol. The number of carboxylic acid groups (broad SMARTS) is 1. The molecule has 2 rings (SSSR count). The minimum absolute atomic E-state index is 0.0802. The highest BCUT2D eigenvalue weighted by molar-refractivity contribution is 5.87. The summed E-state index contributed by atoms with van der Waals surface area (Å²) in [4.78, 5) is 43.5. The Labute approximate surface area is 158 Å². The van der Waals surface area contributed by atoms with E-state index in [1.165, 1.54) is 11.8 Å². The number of rotatable bonds is 8. The quantitative estimate of drug-likeness (QED) is 0.324. The van der Waals surface area contributed by atoms with Gasteiger partial charge in [-0.15, -0.1) is 0 Å². The number of guanidine groups is 1. The third kappa shape index (κ3) is 5.73. The van der Waals surface area contributed by atoms with E-state index in [4.69, 9.17) is 11.5 Å². The molecule has 0 spiro atoms. The lowest BCUT2D eigenvalue weighted by Crippen LogP contribution is -2.55. The predicted molar refractivity (Wildman–Crippen MR) is 99.9 cm³/mol. The molecule has 0 aromatic carbocycles. The molecule has 2 fully saturated rings. The van der Waals surface area contributed by atoms with Crippen LogP contribution in [0.2, 0.25) is 0 Å². The van der Waals surface area contributed by atoms with Gasteiger partial charge in [0.25, 0.3) is 0 Å². The first-order valence-electron chi connectivity index (χ1n) is 9.35. The summed E-state index contributed by atoms with van der Waals surface area (Å²) >= 11 is 0. The van der Waals surface area contributed by atoms with Crippen LogP contribution in [0.5, 0.6) is 0 Å². The number of carbonyl (C=O) groups is 3. The molecule has 3 amide bonds. The number of carbonyl (C=O) groups excluding carboxylic acids is 2. The number of aliphatic imine (C=N–C) groups is 1. The lowest BCUT2D eigenvalue weighted by atomic mass is 9.93. The van der Waals surface area contributed by atoms with Crippen molar-refractivity contribution in [3.63, 3.8) is 0 Å². The van der Waals surface area contributed by atoms with Crippen LogP contribution in [0.15, 0.2) is 4.99 Å². The van der Waals surface area contributed by atoms with Gasteiger partial charge in [0, 0.05) is 39.0 Å². The van der Waals surface area contributed by atoms with E-state index >= 15 is 0 Å². The van der Waals surface area contributed by atoms with E-state index < -0.39 is 24.1 Å². The van der Waals surface area contributed by atoms with Crippen molar-refractivity contribution in [3.05, 3.63) is 0 Å².